The molecule has 2 saturated heterocycles. The molecule has 2 fully saturated rings. The molecule has 3 rings (SSSR count). The van der Waals surface area contributed by atoms with Crippen LogP contribution in [0.3, 0.4) is 0 Å². The van der Waals surface area contributed by atoms with Gasteiger partial charge >= 0.3 is 0 Å². The molecule has 0 saturated carbocycles. The molecule has 6 nitrogen and oxygen atoms in total. The number of guanidine groups is 1. The van der Waals surface area contributed by atoms with E-state index in [0.717, 1.165) is 76.0 Å². The molecule has 2 aliphatic rings. The number of nitrogens with one attached hydrogen (secondary N) is 1. The summed E-state index contributed by atoms with van der Waals surface area (Å²) in [5.41, 5.74) is 1.20. The molecule has 0 amide bonds. The molecule has 0 radical (unpaired) electrons. The van der Waals surface area contributed by atoms with Crippen molar-refractivity contribution in [2.24, 2.45) is 16.8 Å². The van der Waals surface area contributed by atoms with Gasteiger partial charge in [-0.05, 0) is 36.4 Å². The largest absolute Gasteiger partial charge is 0.354 e. The number of likely N-dealkylation sites (N-methyl/N-ethyl adjacent to an activating group) is 1. The maximum absolute atomic E-state index is 4.71. The van der Waals surface area contributed by atoms with Crippen LogP contribution in [0.25, 0.3) is 0 Å². The fourth-order valence-corrected chi connectivity index (χ4v) is 4.35. The predicted octanol–water partition coefficient (Wildman–Crippen LogP) is 2.28. The number of likely N-dealkylation sites (tertiary alicyclic amines) is 1. The summed E-state index contributed by atoms with van der Waals surface area (Å²) >= 11 is 0. The van der Waals surface area contributed by atoms with Crippen LogP contribution in [0.4, 0.5) is 5.82 Å². The Labute approximate surface area is 164 Å². The van der Waals surface area contributed by atoms with Crippen LogP contribution in [0.15, 0.2) is 23.3 Å². The fraction of sp³-hybridized carbons (Fsp3) is 0.714. The molecule has 27 heavy (non-hydrogen) atoms. The Kier molecular flexibility index (Phi) is 6.94. The topological polar surface area (TPSA) is 47.0 Å². The van der Waals surface area contributed by atoms with E-state index in [0.29, 0.717) is 0 Å². The Morgan fingerprint density at radius 1 is 1.15 bits per heavy atom. The number of aromatic nitrogens is 1. The first-order valence-corrected chi connectivity index (χ1v) is 10.5. The number of piperazine rings is 1. The maximum atomic E-state index is 4.71. The van der Waals surface area contributed by atoms with Gasteiger partial charge in [0.05, 0.1) is 0 Å². The average molecular weight is 373 g/mol. The molecule has 1 N–H and O–H groups in total. The van der Waals surface area contributed by atoms with Crippen molar-refractivity contribution in [2.45, 2.75) is 33.7 Å². The lowest BCUT2D eigenvalue weighted by Gasteiger charge is -2.37. The zero-order valence-corrected chi connectivity index (χ0v) is 17.5. The summed E-state index contributed by atoms with van der Waals surface area (Å²) in [6.45, 7) is 15.4. The number of aliphatic imine (C=N–C) groups is 1. The van der Waals surface area contributed by atoms with Gasteiger partial charge in [0.1, 0.15) is 5.82 Å². The first-order valence-electron chi connectivity index (χ1n) is 10.5. The third-order valence-corrected chi connectivity index (χ3v) is 5.78. The van der Waals surface area contributed by atoms with Crippen molar-refractivity contribution < 1.29 is 0 Å². The maximum Gasteiger partial charge on any atom is 0.193 e. The average Bonchev–Trinajstić information content (AvgIpc) is 2.68. The highest BCUT2D eigenvalue weighted by atomic mass is 15.3. The molecular formula is C21H36N6. The molecule has 1 aromatic heterocycles. The lowest BCUT2D eigenvalue weighted by Crippen LogP contribution is -2.48. The number of nitrogens with zero attached hydrogens (tertiary/aromatic N) is 5. The van der Waals surface area contributed by atoms with Crippen molar-refractivity contribution in [3.05, 3.63) is 23.9 Å². The molecular weight excluding hydrogens is 336 g/mol. The molecule has 0 aliphatic carbocycles. The van der Waals surface area contributed by atoms with Crippen LogP contribution in [-0.2, 0) is 6.54 Å². The number of anilines is 1. The molecule has 2 atom stereocenters. The predicted molar refractivity (Wildman–Crippen MR) is 113 cm³/mol. The minimum atomic E-state index is 0.724. The summed E-state index contributed by atoms with van der Waals surface area (Å²) in [6.07, 6.45) is 3.31. The summed E-state index contributed by atoms with van der Waals surface area (Å²) < 4.78 is 0. The Morgan fingerprint density at radius 2 is 1.85 bits per heavy atom. The van der Waals surface area contributed by atoms with E-state index in [4.69, 9.17) is 4.98 Å². The first-order chi connectivity index (χ1) is 13.1. The lowest BCUT2D eigenvalue weighted by atomic mass is 9.92. The SMILES string of the molecule is CCN1CCN(c2ccc(CNC(=NC)N3CC(C)CC(C)C3)cn2)CC1. The van der Waals surface area contributed by atoms with Crippen LogP contribution in [-0.4, -0.2) is 73.6 Å². The molecule has 150 valence electrons. The summed E-state index contributed by atoms with van der Waals surface area (Å²) in [4.78, 5) is 16.5. The highest BCUT2D eigenvalue weighted by Crippen LogP contribution is 2.21. The first kappa shape index (κ1) is 19.9. The van der Waals surface area contributed by atoms with E-state index in [1.54, 1.807) is 0 Å². The van der Waals surface area contributed by atoms with Crippen molar-refractivity contribution in [1.29, 1.82) is 0 Å². The number of pyridine rings is 1. The van der Waals surface area contributed by atoms with Gasteiger partial charge in [-0.25, -0.2) is 4.98 Å². The zero-order chi connectivity index (χ0) is 19.2. The third-order valence-electron chi connectivity index (χ3n) is 5.78. The summed E-state index contributed by atoms with van der Waals surface area (Å²) in [5, 5.41) is 3.52. The van der Waals surface area contributed by atoms with Crippen molar-refractivity contribution in [1.82, 2.24) is 20.1 Å². The van der Waals surface area contributed by atoms with Gasteiger partial charge in [-0.1, -0.05) is 26.8 Å². The van der Waals surface area contributed by atoms with Gasteiger partial charge < -0.3 is 20.0 Å². The van der Waals surface area contributed by atoms with Crippen LogP contribution in [0.5, 0.6) is 0 Å². The number of rotatable bonds is 4. The second-order valence-corrected chi connectivity index (χ2v) is 8.20. The van der Waals surface area contributed by atoms with E-state index < -0.39 is 0 Å². The standard InChI is InChI=1S/C21H36N6/c1-5-25-8-10-26(11-9-25)20-7-6-19(13-23-20)14-24-21(22-4)27-15-17(2)12-18(3)16-27/h6-7,13,17-18H,5,8-12,14-16H2,1-4H3,(H,22,24). The van der Waals surface area contributed by atoms with Gasteiger partial charge in [-0.2, -0.15) is 0 Å². The summed E-state index contributed by atoms with van der Waals surface area (Å²) in [7, 11) is 1.88. The zero-order valence-electron chi connectivity index (χ0n) is 17.5. The van der Waals surface area contributed by atoms with Crippen molar-refractivity contribution in [3.63, 3.8) is 0 Å². The summed E-state index contributed by atoms with van der Waals surface area (Å²) in [5.74, 6) is 3.55. The molecule has 0 spiro atoms. The Hall–Kier alpha value is -1.82. The number of piperidine rings is 1. The molecule has 3 heterocycles. The Morgan fingerprint density at radius 3 is 2.41 bits per heavy atom. The molecule has 2 unspecified atom stereocenters. The third kappa shape index (κ3) is 5.34. The summed E-state index contributed by atoms with van der Waals surface area (Å²) in [6, 6.07) is 4.35. The normalized spacial score (nSPS) is 25.0. The molecule has 1 aromatic rings. The van der Waals surface area contributed by atoms with E-state index in [-0.39, 0.29) is 0 Å². The Bertz CT molecular complexity index is 596. The van der Waals surface area contributed by atoms with E-state index in [9.17, 15) is 0 Å². The monoisotopic (exact) mass is 372 g/mol. The van der Waals surface area contributed by atoms with Gasteiger partial charge in [0.2, 0.25) is 0 Å². The van der Waals surface area contributed by atoms with Crippen LogP contribution in [0.1, 0.15) is 32.8 Å². The smallest absolute Gasteiger partial charge is 0.193 e. The molecule has 0 bridgehead atoms. The van der Waals surface area contributed by atoms with Gasteiger partial charge in [-0.3, -0.25) is 4.99 Å². The molecule has 6 heteroatoms. The van der Waals surface area contributed by atoms with E-state index in [2.05, 4.69) is 57.9 Å². The fourth-order valence-electron chi connectivity index (χ4n) is 4.35. The lowest BCUT2D eigenvalue weighted by molar-refractivity contribution is 0.208. The number of hydrogen-bond donors (Lipinski definition) is 1. The van der Waals surface area contributed by atoms with Crippen LogP contribution >= 0.6 is 0 Å². The van der Waals surface area contributed by atoms with Gasteiger partial charge in [0.25, 0.3) is 0 Å². The quantitative estimate of drug-likeness (QED) is 0.649. The van der Waals surface area contributed by atoms with Crippen LogP contribution < -0.4 is 10.2 Å². The van der Waals surface area contributed by atoms with Gasteiger partial charge in [0, 0.05) is 59.1 Å². The van der Waals surface area contributed by atoms with E-state index >= 15 is 0 Å². The molecule has 0 aromatic carbocycles. The Balaban J connectivity index is 1.52. The van der Waals surface area contributed by atoms with Crippen molar-refractivity contribution in [3.8, 4) is 0 Å². The minimum Gasteiger partial charge on any atom is -0.354 e. The van der Waals surface area contributed by atoms with E-state index in [1.165, 1.54) is 12.0 Å². The van der Waals surface area contributed by atoms with Crippen LogP contribution in [0.2, 0.25) is 0 Å². The van der Waals surface area contributed by atoms with Gasteiger partial charge in [0.15, 0.2) is 5.96 Å². The highest BCUT2D eigenvalue weighted by molar-refractivity contribution is 5.80. The highest BCUT2D eigenvalue weighted by Gasteiger charge is 2.24. The molecule has 2 aliphatic heterocycles. The van der Waals surface area contributed by atoms with Crippen LogP contribution in [0, 0.1) is 11.8 Å². The van der Waals surface area contributed by atoms with Crippen molar-refractivity contribution >= 4 is 11.8 Å². The van der Waals surface area contributed by atoms with E-state index in [1.807, 2.05) is 13.2 Å². The minimum absolute atomic E-state index is 0.724. The number of hydrogen-bond acceptors (Lipinski definition) is 4. The second kappa shape index (κ2) is 9.40. The van der Waals surface area contributed by atoms with Gasteiger partial charge in [-0.15, -0.1) is 0 Å². The second-order valence-electron chi connectivity index (χ2n) is 8.20. The van der Waals surface area contributed by atoms with Crippen molar-refractivity contribution in [2.75, 3.05) is 57.8 Å².